The molecule has 0 aromatic heterocycles. The Hall–Kier alpha value is -1.22. The van der Waals surface area contributed by atoms with Gasteiger partial charge in [0.05, 0.1) is 0 Å². The summed E-state index contributed by atoms with van der Waals surface area (Å²) in [6.07, 6.45) is 8.16. The fraction of sp³-hybridized carbons (Fsp3) is 0.625. The van der Waals surface area contributed by atoms with Crippen LogP contribution in [0.15, 0.2) is 24.3 Å². The quantitative estimate of drug-likeness (QED) is 0.816. The standard InChI is InChI=1S/C11H15NO.C5H11N/c13-11-6-4-10(5-7-11)12-8-2-1-3-9-12;1-2-4-6-5-3-1/h4-7,13H,1-3,8-9H2;6H,1-5H2. The van der Waals surface area contributed by atoms with E-state index < -0.39 is 0 Å². The van der Waals surface area contributed by atoms with Crippen molar-refractivity contribution in [1.29, 1.82) is 0 Å². The number of benzene rings is 1. The van der Waals surface area contributed by atoms with Gasteiger partial charge in [-0.25, -0.2) is 0 Å². The number of piperidine rings is 2. The number of aromatic hydroxyl groups is 1. The molecule has 3 nitrogen and oxygen atoms in total. The molecule has 0 atom stereocenters. The Balaban J connectivity index is 0.000000186. The molecule has 2 saturated heterocycles. The molecular formula is C16H26N2O. The van der Waals surface area contributed by atoms with E-state index in [-0.39, 0.29) is 0 Å². The second kappa shape index (κ2) is 8.05. The highest BCUT2D eigenvalue weighted by atomic mass is 16.3. The van der Waals surface area contributed by atoms with Crippen molar-refractivity contribution in [3.63, 3.8) is 0 Å². The first kappa shape index (κ1) is 14.2. The number of hydrogen-bond donors (Lipinski definition) is 2. The van der Waals surface area contributed by atoms with Gasteiger partial charge in [0.25, 0.3) is 0 Å². The van der Waals surface area contributed by atoms with Crippen LogP contribution < -0.4 is 10.2 Å². The van der Waals surface area contributed by atoms with Crippen LogP contribution in [0.1, 0.15) is 38.5 Å². The lowest BCUT2D eigenvalue weighted by molar-refractivity contribution is 0.475. The number of phenolic OH excluding ortho intramolecular Hbond substituents is 1. The van der Waals surface area contributed by atoms with E-state index in [9.17, 15) is 0 Å². The van der Waals surface area contributed by atoms with Gasteiger partial charge >= 0.3 is 0 Å². The van der Waals surface area contributed by atoms with Crippen molar-refractivity contribution in [2.45, 2.75) is 38.5 Å². The fourth-order valence-corrected chi connectivity index (χ4v) is 2.62. The second-order valence-corrected chi connectivity index (χ2v) is 5.37. The van der Waals surface area contributed by atoms with Gasteiger partial charge in [0.2, 0.25) is 0 Å². The van der Waals surface area contributed by atoms with E-state index in [0.717, 1.165) is 13.1 Å². The van der Waals surface area contributed by atoms with Gasteiger partial charge in [-0.1, -0.05) is 6.42 Å². The summed E-state index contributed by atoms with van der Waals surface area (Å²) in [5, 5.41) is 12.4. The lowest BCUT2D eigenvalue weighted by Gasteiger charge is -2.28. The van der Waals surface area contributed by atoms with Gasteiger partial charge in [0.15, 0.2) is 0 Å². The van der Waals surface area contributed by atoms with Crippen LogP contribution in [0.3, 0.4) is 0 Å². The van der Waals surface area contributed by atoms with Crippen molar-refractivity contribution in [1.82, 2.24) is 5.32 Å². The first-order chi connectivity index (χ1) is 9.36. The van der Waals surface area contributed by atoms with Gasteiger partial charge in [-0.15, -0.1) is 0 Å². The molecule has 3 rings (SSSR count). The molecule has 0 unspecified atom stereocenters. The van der Waals surface area contributed by atoms with Crippen LogP contribution >= 0.6 is 0 Å². The molecule has 2 aliphatic heterocycles. The third-order valence-electron chi connectivity index (χ3n) is 3.78. The summed E-state index contributed by atoms with van der Waals surface area (Å²) in [5.41, 5.74) is 1.23. The van der Waals surface area contributed by atoms with E-state index in [0.29, 0.717) is 5.75 Å². The maximum Gasteiger partial charge on any atom is 0.115 e. The molecule has 2 fully saturated rings. The summed E-state index contributed by atoms with van der Waals surface area (Å²) >= 11 is 0. The third kappa shape index (κ3) is 5.11. The van der Waals surface area contributed by atoms with Crippen LogP contribution in [0.5, 0.6) is 5.75 Å². The summed E-state index contributed by atoms with van der Waals surface area (Å²) in [4.78, 5) is 2.38. The minimum Gasteiger partial charge on any atom is -0.508 e. The zero-order valence-corrected chi connectivity index (χ0v) is 11.8. The van der Waals surface area contributed by atoms with Crippen molar-refractivity contribution in [3.05, 3.63) is 24.3 Å². The SMILES string of the molecule is C1CCNCC1.Oc1ccc(N2CCCCC2)cc1. The van der Waals surface area contributed by atoms with Crippen molar-refractivity contribution in [3.8, 4) is 5.75 Å². The Morgan fingerprint density at radius 3 is 1.84 bits per heavy atom. The summed E-state index contributed by atoms with van der Waals surface area (Å²) < 4.78 is 0. The van der Waals surface area contributed by atoms with Crippen molar-refractivity contribution >= 4 is 5.69 Å². The highest BCUT2D eigenvalue weighted by Crippen LogP contribution is 2.21. The second-order valence-electron chi connectivity index (χ2n) is 5.37. The van der Waals surface area contributed by atoms with E-state index in [2.05, 4.69) is 10.2 Å². The number of anilines is 1. The van der Waals surface area contributed by atoms with E-state index in [1.54, 1.807) is 12.1 Å². The van der Waals surface area contributed by atoms with E-state index in [1.807, 2.05) is 12.1 Å². The van der Waals surface area contributed by atoms with Crippen molar-refractivity contribution < 1.29 is 5.11 Å². The average molecular weight is 262 g/mol. The molecule has 0 bridgehead atoms. The van der Waals surface area contributed by atoms with Gasteiger partial charge in [0, 0.05) is 18.8 Å². The maximum atomic E-state index is 9.14. The highest BCUT2D eigenvalue weighted by Gasteiger charge is 2.09. The third-order valence-corrected chi connectivity index (χ3v) is 3.78. The summed E-state index contributed by atoms with van der Waals surface area (Å²) in [6.45, 7) is 4.82. The summed E-state index contributed by atoms with van der Waals surface area (Å²) in [7, 11) is 0. The monoisotopic (exact) mass is 262 g/mol. The number of hydrogen-bond acceptors (Lipinski definition) is 3. The Labute approximate surface area is 116 Å². The minimum atomic E-state index is 0.348. The van der Waals surface area contributed by atoms with Gasteiger partial charge in [-0.3, -0.25) is 0 Å². The molecule has 2 N–H and O–H groups in total. The first-order valence-corrected chi connectivity index (χ1v) is 7.61. The van der Waals surface area contributed by atoms with E-state index >= 15 is 0 Å². The minimum absolute atomic E-state index is 0.348. The van der Waals surface area contributed by atoms with E-state index in [1.165, 1.54) is 57.3 Å². The predicted octanol–water partition coefficient (Wildman–Crippen LogP) is 3.14. The highest BCUT2D eigenvalue weighted by molar-refractivity contribution is 5.48. The molecule has 0 aliphatic carbocycles. The molecule has 106 valence electrons. The molecule has 0 spiro atoms. The normalized spacial score (nSPS) is 19.5. The van der Waals surface area contributed by atoms with Crippen LogP contribution in [-0.2, 0) is 0 Å². The van der Waals surface area contributed by atoms with Gasteiger partial charge in [-0.2, -0.15) is 0 Å². The predicted molar refractivity (Wildman–Crippen MR) is 80.9 cm³/mol. The molecule has 3 heteroatoms. The number of nitrogens with one attached hydrogen (secondary N) is 1. The van der Waals surface area contributed by atoms with Crippen molar-refractivity contribution in [2.24, 2.45) is 0 Å². The van der Waals surface area contributed by atoms with Crippen molar-refractivity contribution in [2.75, 3.05) is 31.1 Å². The maximum absolute atomic E-state index is 9.14. The van der Waals surface area contributed by atoms with Crippen LogP contribution in [0.25, 0.3) is 0 Å². The Bertz CT molecular complexity index is 329. The topological polar surface area (TPSA) is 35.5 Å². The number of rotatable bonds is 1. The fourth-order valence-electron chi connectivity index (χ4n) is 2.62. The molecule has 2 heterocycles. The number of phenols is 1. The molecule has 1 aromatic rings. The molecule has 1 aromatic carbocycles. The summed E-state index contributed by atoms with van der Waals surface area (Å²) in [6, 6.07) is 7.48. The van der Waals surface area contributed by atoms with Crippen LogP contribution in [0.2, 0.25) is 0 Å². The lowest BCUT2D eigenvalue weighted by atomic mass is 10.1. The largest absolute Gasteiger partial charge is 0.508 e. The van der Waals surface area contributed by atoms with Gasteiger partial charge < -0.3 is 15.3 Å². The molecular weight excluding hydrogens is 236 g/mol. The number of nitrogens with zero attached hydrogens (tertiary/aromatic N) is 1. The molecule has 0 radical (unpaired) electrons. The zero-order valence-electron chi connectivity index (χ0n) is 11.8. The lowest BCUT2D eigenvalue weighted by Crippen LogP contribution is -2.29. The Morgan fingerprint density at radius 1 is 0.789 bits per heavy atom. The zero-order chi connectivity index (χ0) is 13.3. The summed E-state index contributed by atoms with van der Waals surface area (Å²) in [5.74, 6) is 0.348. The van der Waals surface area contributed by atoms with Crippen LogP contribution in [0.4, 0.5) is 5.69 Å². The van der Waals surface area contributed by atoms with Gasteiger partial charge in [0.1, 0.15) is 5.75 Å². The first-order valence-electron chi connectivity index (χ1n) is 7.61. The molecule has 0 amide bonds. The smallest absolute Gasteiger partial charge is 0.115 e. The Morgan fingerprint density at radius 2 is 1.37 bits per heavy atom. The van der Waals surface area contributed by atoms with E-state index in [4.69, 9.17) is 5.11 Å². The van der Waals surface area contributed by atoms with Crippen LogP contribution in [0, 0.1) is 0 Å². The molecule has 19 heavy (non-hydrogen) atoms. The van der Waals surface area contributed by atoms with Gasteiger partial charge in [-0.05, 0) is 69.5 Å². The molecule has 2 aliphatic rings. The van der Waals surface area contributed by atoms with Crippen LogP contribution in [-0.4, -0.2) is 31.3 Å². The Kier molecular flexibility index (Phi) is 6.02. The molecule has 0 saturated carbocycles. The average Bonchev–Trinajstić information content (AvgIpc) is 2.51.